The number of aliphatic hydroxyl groups is 2. The van der Waals surface area contributed by atoms with Gasteiger partial charge in [0.05, 0.1) is 17.2 Å². The summed E-state index contributed by atoms with van der Waals surface area (Å²) in [7, 11) is 0. The third-order valence-corrected chi connectivity index (χ3v) is 4.60. The zero-order valence-electron chi connectivity index (χ0n) is 14.3. The van der Waals surface area contributed by atoms with Gasteiger partial charge in [0.15, 0.2) is 6.23 Å². The molecular weight excluding hydrogens is 358 g/mol. The highest BCUT2D eigenvalue weighted by Gasteiger charge is 2.34. The summed E-state index contributed by atoms with van der Waals surface area (Å²) >= 11 is 0.897. The first-order valence-corrected chi connectivity index (χ1v) is 8.64. The van der Waals surface area contributed by atoms with Crippen molar-refractivity contribution in [2.24, 2.45) is 4.99 Å². The number of carbonyl (C=O) groups is 1. The first kappa shape index (κ1) is 19.8. The van der Waals surface area contributed by atoms with E-state index < -0.39 is 11.2 Å². The Morgan fingerprint density at radius 1 is 1.42 bits per heavy atom. The number of benzene rings is 1. The van der Waals surface area contributed by atoms with Crippen LogP contribution >= 0.6 is 11.8 Å². The van der Waals surface area contributed by atoms with Crippen LogP contribution in [0.3, 0.4) is 0 Å². The Kier molecular flexibility index (Phi) is 6.67. The minimum absolute atomic E-state index is 0.0000114. The van der Waals surface area contributed by atoms with Gasteiger partial charge in [0.2, 0.25) is 0 Å². The SMILES string of the molecule is C\C=C(/N=C(C)/C=C1\SC(=O)N(CCO)C1O)c1ccc([N+](=O)[O-])cc1. The summed E-state index contributed by atoms with van der Waals surface area (Å²) in [6.07, 6.45) is 2.28. The molecule has 1 saturated heterocycles. The molecule has 1 amide bonds. The van der Waals surface area contributed by atoms with E-state index in [1.54, 1.807) is 38.1 Å². The summed E-state index contributed by atoms with van der Waals surface area (Å²) in [5.41, 5.74) is 1.90. The number of aliphatic hydroxyl groups excluding tert-OH is 2. The van der Waals surface area contributed by atoms with Crippen LogP contribution in [-0.2, 0) is 0 Å². The third-order valence-electron chi connectivity index (χ3n) is 3.63. The number of nitro benzene ring substituents is 1. The van der Waals surface area contributed by atoms with Crippen LogP contribution in [-0.4, -0.2) is 50.4 Å². The van der Waals surface area contributed by atoms with E-state index in [0.29, 0.717) is 21.9 Å². The molecule has 1 unspecified atom stereocenters. The van der Waals surface area contributed by atoms with E-state index in [1.165, 1.54) is 17.0 Å². The average Bonchev–Trinajstić information content (AvgIpc) is 2.87. The van der Waals surface area contributed by atoms with Crippen LogP contribution in [0.25, 0.3) is 5.70 Å². The topological polar surface area (TPSA) is 116 Å². The van der Waals surface area contributed by atoms with Crippen molar-refractivity contribution in [2.45, 2.75) is 20.1 Å². The standard InChI is InChI=1S/C17H19N3O5S/c1-3-14(12-4-6-13(7-5-12)20(24)25)18-11(2)10-15-16(22)19(8-9-21)17(23)26-15/h3-7,10,16,21-22H,8-9H2,1-2H3/b14-3-,15-10-,18-11+. The molecule has 0 bridgehead atoms. The van der Waals surface area contributed by atoms with Gasteiger partial charge in [0.1, 0.15) is 0 Å². The van der Waals surface area contributed by atoms with Gasteiger partial charge in [0, 0.05) is 34.9 Å². The number of carbonyl (C=O) groups excluding carboxylic acids is 1. The number of hydrogen-bond donors (Lipinski definition) is 2. The van der Waals surface area contributed by atoms with Gasteiger partial charge in [-0.25, -0.2) is 0 Å². The number of amides is 1. The zero-order valence-corrected chi connectivity index (χ0v) is 15.1. The van der Waals surface area contributed by atoms with Gasteiger partial charge in [-0.2, -0.15) is 0 Å². The lowest BCUT2D eigenvalue weighted by Crippen LogP contribution is -2.34. The number of β-amino-alcohol motifs (C(OH)–C–C–N with tert-alkyl or cyclic N) is 1. The van der Waals surface area contributed by atoms with Crippen LogP contribution in [0.1, 0.15) is 19.4 Å². The minimum atomic E-state index is -1.10. The second-order valence-electron chi connectivity index (χ2n) is 5.44. The smallest absolute Gasteiger partial charge is 0.288 e. The van der Waals surface area contributed by atoms with E-state index in [1.807, 2.05) is 0 Å². The van der Waals surface area contributed by atoms with Crippen LogP contribution in [0, 0.1) is 10.1 Å². The second kappa shape index (κ2) is 8.75. The third kappa shape index (κ3) is 4.57. The molecule has 1 heterocycles. The Hall–Kier alpha value is -2.49. The normalized spacial score (nSPS) is 20.2. The molecule has 1 atom stereocenters. The summed E-state index contributed by atoms with van der Waals surface area (Å²) in [6.45, 7) is 3.36. The predicted octanol–water partition coefficient (Wildman–Crippen LogP) is 2.78. The van der Waals surface area contributed by atoms with Crippen molar-refractivity contribution in [1.29, 1.82) is 0 Å². The first-order chi connectivity index (χ1) is 12.4. The maximum Gasteiger partial charge on any atom is 0.288 e. The lowest BCUT2D eigenvalue weighted by atomic mass is 10.1. The fourth-order valence-corrected chi connectivity index (χ4v) is 3.34. The lowest BCUT2D eigenvalue weighted by Gasteiger charge is -2.17. The van der Waals surface area contributed by atoms with Gasteiger partial charge >= 0.3 is 0 Å². The van der Waals surface area contributed by atoms with Gasteiger partial charge in [-0.05, 0) is 43.8 Å². The molecule has 2 N–H and O–H groups in total. The average molecular weight is 377 g/mol. The van der Waals surface area contributed by atoms with Crippen molar-refractivity contribution in [3.8, 4) is 0 Å². The maximum atomic E-state index is 11.8. The highest BCUT2D eigenvalue weighted by atomic mass is 32.2. The molecule has 26 heavy (non-hydrogen) atoms. The van der Waals surface area contributed by atoms with E-state index in [0.717, 1.165) is 11.8 Å². The summed E-state index contributed by atoms with van der Waals surface area (Å²) in [5, 5.41) is 29.5. The van der Waals surface area contributed by atoms with Crippen molar-refractivity contribution in [2.75, 3.05) is 13.2 Å². The fourth-order valence-electron chi connectivity index (χ4n) is 2.37. The number of hydrogen-bond acceptors (Lipinski definition) is 7. The molecule has 0 aliphatic carbocycles. The number of allylic oxidation sites excluding steroid dienone is 2. The molecule has 2 rings (SSSR count). The molecule has 8 nitrogen and oxygen atoms in total. The zero-order chi connectivity index (χ0) is 19.3. The number of aliphatic imine (C=N–C) groups is 1. The van der Waals surface area contributed by atoms with Crippen LogP contribution in [0.15, 0.2) is 46.3 Å². The van der Waals surface area contributed by atoms with Crippen LogP contribution in [0.4, 0.5) is 10.5 Å². The summed E-state index contributed by atoms with van der Waals surface area (Å²) < 4.78 is 0. The van der Waals surface area contributed by atoms with Crippen molar-refractivity contribution in [3.63, 3.8) is 0 Å². The van der Waals surface area contributed by atoms with Gasteiger partial charge in [0.25, 0.3) is 10.9 Å². The quantitative estimate of drug-likeness (QED) is 0.447. The fraction of sp³-hybridized carbons (Fsp3) is 0.294. The van der Waals surface area contributed by atoms with Gasteiger partial charge in [-0.15, -0.1) is 0 Å². The highest BCUT2D eigenvalue weighted by molar-refractivity contribution is 8.17. The monoisotopic (exact) mass is 377 g/mol. The predicted molar refractivity (Wildman–Crippen MR) is 101 cm³/mol. The van der Waals surface area contributed by atoms with E-state index >= 15 is 0 Å². The molecule has 0 radical (unpaired) electrons. The van der Waals surface area contributed by atoms with Gasteiger partial charge in [-0.3, -0.25) is 19.9 Å². The van der Waals surface area contributed by atoms with Crippen molar-refractivity contribution >= 4 is 34.1 Å². The molecule has 138 valence electrons. The van der Waals surface area contributed by atoms with Crippen molar-refractivity contribution in [3.05, 3.63) is 57.0 Å². The van der Waals surface area contributed by atoms with Crippen LogP contribution in [0.2, 0.25) is 0 Å². The Labute approximate surface area is 154 Å². The van der Waals surface area contributed by atoms with Gasteiger partial charge in [-0.1, -0.05) is 6.08 Å². The van der Waals surface area contributed by atoms with Crippen molar-refractivity contribution in [1.82, 2.24) is 4.90 Å². The summed E-state index contributed by atoms with van der Waals surface area (Å²) in [4.78, 5) is 28.2. The Morgan fingerprint density at radius 3 is 2.62 bits per heavy atom. The summed E-state index contributed by atoms with van der Waals surface area (Å²) in [5.74, 6) is 0. The molecule has 0 saturated carbocycles. The Bertz CT molecular complexity index is 786. The Balaban J connectivity index is 2.21. The molecule has 1 aliphatic heterocycles. The number of thioether (sulfide) groups is 1. The number of nitro groups is 1. The van der Waals surface area contributed by atoms with E-state index in [-0.39, 0.29) is 24.1 Å². The summed E-state index contributed by atoms with van der Waals surface area (Å²) in [6, 6.07) is 6.04. The van der Waals surface area contributed by atoms with Crippen LogP contribution < -0.4 is 0 Å². The Morgan fingerprint density at radius 2 is 2.08 bits per heavy atom. The van der Waals surface area contributed by atoms with E-state index in [9.17, 15) is 20.0 Å². The highest BCUT2D eigenvalue weighted by Crippen LogP contribution is 2.33. The maximum absolute atomic E-state index is 11.8. The number of non-ortho nitro benzene ring substituents is 1. The molecule has 1 aromatic rings. The number of rotatable bonds is 6. The largest absolute Gasteiger partial charge is 0.395 e. The molecule has 9 heteroatoms. The minimum Gasteiger partial charge on any atom is -0.395 e. The van der Waals surface area contributed by atoms with E-state index in [4.69, 9.17) is 5.11 Å². The molecule has 1 fully saturated rings. The molecule has 1 aromatic carbocycles. The van der Waals surface area contributed by atoms with Crippen molar-refractivity contribution < 1.29 is 19.9 Å². The second-order valence-corrected chi connectivity index (χ2v) is 6.46. The molecule has 0 spiro atoms. The van der Waals surface area contributed by atoms with Gasteiger partial charge < -0.3 is 15.1 Å². The lowest BCUT2D eigenvalue weighted by molar-refractivity contribution is -0.384. The first-order valence-electron chi connectivity index (χ1n) is 7.82. The number of nitrogens with zero attached hydrogens (tertiary/aromatic N) is 3. The molecule has 0 aromatic heterocycles. The van der Waals surface area contributed by atoms with Crippen LogP contribution in [0.5, 0.6) is 0 Å². The molecule has 1 aliphatic rings. The van der Waals surface area contributed by atoms with E-state index in [2.05, 4.69) is 4.99 Å². The molecular formula is C17H19N3O5S.